The van der Waals surface area contributed by atoms with Gasteiger partial charge in [0.2, 0.25) is 17.4 Å². The van der Waals surface area contributed by atoms with Crippen LogP contribution in [-0.2, 0) is 19.9 Å². The lowest BCUT2D eigenvalue weighted by Gasteiger charge is -2.29. The predicted molar refractivity (Wildman–Crippen MR) is 95.8 cm³/mol. The van der Waals surface area contributed by atoms with Crippen molar-refractivity contribution in [3.8, 4) is 0 Å². The lowest BCUT2D eigenvalue weighted by Crippen LogP contribution is -2.99. The van der Waals surface area contributed by atoms with Crippen LogP contribution in [0.15, 0.2) is 18.2 Å². The zero-order valence-corrected chi connectivity index (χ0v) is 16.0. The summed E-state index contributed by atoms with van der Waals surface area (Å²) in [6, 6.07) is 3.69. The molecule has 27 heavy (non-hydrogen) atoms. The Morgan fingerprint density at radius 2 is 1.93 bits per heavy atom. The number of rotatable bonds is 3. The topological polar surface area (TPSA) is 83.1 Å². The molecule has 5 atom stereocenters. The van der Waals surface area contributed by atoms with Gasteiger partial charge in [0.1, 0.15) is 23.7 Å². The number of imide groups is 1. The van der Waals surface area contributed by atoms with Crippen molar-refractivity contribution < 1.29 is 24.1 Å². The number of hydrogen-bond donors (Lipinski definition) is 2. The number of halogens is 1. The van der Waals surface area contributed by atoms with Crippen molar-refractivity contribution in [3.05, 3.63) is 29.6 Å². The van der Waals surface area contributed by atoms with E-state index in [2.05, 4.69) is 5.32 Å². The molecular weight excluding hydrogens is 349 g/mol. The van der Waals surface area contributed by atoms with E-state index in [9.17, 15) is 18.8 Å². The molecule has 1 spiro atoms. The second kappa shape index (κ2) is 5.86. The Bertz CT molecular complexity index is 855. The molecule has 3 amide bonds. The van der Waals surface area contributed by atoms with Gasteiger partial charge in [0.15, 0.2) is 0 Å². The Kier molecular flexibility index (Phi) is 3.93. The molecule has 0 radical (unpaired) electrons. The van der Waals surface area contributed by atoms with Gasteiger partial charge in [-0.2, -0.15) is 0 Å². The summed E-state index contributed by atoms with van der Waals surface area (Å²) in [6.07, 6.45) is 0.650. The highest BCUT2D eigenvalue weighted by molar-refractivity contribution is 6.14. The zero-order chi connectivity index (χ0) is 19.7. The number of fused-ring (bicyclic) bond motifs is 4. The Morgan fingerprint density at radius 3 is 2.56 bits per heavy atom. The van der Waals surface area contributed by atoms with Crippen LogP contribution in [0.3, 0.4) is 0 Å². The second-order valence-electron chi connectivity index (χ2n) is 8.31. The average Bonchev–Trinajstić information content (AvgIpc) is 3.20. The number of nitrogens with two attached hydrogens (primary N) is 1. The largest absolute Gasteiger partial charge is 0.326 e. The van der Waals surface area contributed by atoms with Crippen molar-refractivity contribution >= 4 is 23.4 Å². The van der Waals surface area contributed by atoms with Crippen molar-refractivity contribution in [2.24, 2.45) is 17.8 Å². The molecule has 4 rings (SSSR count). The van der Waals surface area contributed by atoms with Gasteiger partial charge in [-0.05, 0) is 31.5 Å². The fraction of sp³-hybridized carbons (Fsp3) is 0.550. The van der Waals surface area contributed by atoms with Crippen LogP contribution in [0.5, 0.6) is 0 Å². The average molecular weight is 374 g/mol. The smallest absolute Gasteiger partial charge is 0.291 e. The van der Waals surface area contributed by atoms with Gasteiger partial charge in [0.05, 0.1) is 5.69 Å². The van der Waals surface area contributed by atoms with E-state index >= 15 is 0 Å². The van der Waals surface area contributed by atoms with Gasteiger partial charge in [-0.25, -0.2) is 4.39 Å². The molecule has 2 fully saturated rings. The van der Waals surface area contributed by atoms with Crippen LogP contribution >= 0.6 is 0 Å². The molecule has 3 aliphatic heterocycles. The van der Waals surface area contributed by atoms with Crippen LogP contribution in [0.1, 0.15) is 39.7 Å². The maximum atomic E-state index is 14.0. The van der Waals surface area contributed by atoms with Crippen molar-refractivity contribution in [2.75, 3.05) is 5.32 Å². The minimum atomic E-state index is -1.29. The van der Waals surface area contributed by atoms with Gasteiger partial charge in [0, 0.05) is 17.5 Å². The minimum absolute atomic E-state index is 0.0796. The number of quaternary nitrogens is 1. The summed E-state index contributed by atoms with van der Waals surface area (Å²) < 4.78 is 14.0. The summed E-state index contributed by atoms with van der Waals surface area (Å²) >= 11 is 0. The standard InChI is InChI=1S/C20H24FN3O3/c1-5-10(4)24-17(25)14-15(18(24)26)20(23-16(14)9(2)3)12-8-11(21)6-7-13(12)22-19(20)27/h6-10,14-16,23H,5H2,1-4H3,(H,22,27)/p+1/t10-,14+,15+,16-,20-/m1/s1. The van der Waals surface area contributed by atoms with Crippen LogP contribution in [0, 0.1) is 23.6 Å². The summed E-state index contributed by atoms with van der Waals surface area (Å²) in [4.78, 5) is 41.1. The van der Waals surface area contributed by atoms with Crippen molar-refractivity contribution in [1.29, 1.82) is 0 Å². The molecule has 1 aromatic carbocycles. The molecule has 0 aliphatic carbocycles. The maximum absolute atomic E-state index is 14.0. The van der Waals surface area contributed by atoms with E-state index < -0.39 is 23.2 Å². The Hall–Kier alpha value is -2.28. The number of likely N-dealkylation sites (tertiary alicyclic amines) is 1. The van der Waals surface area contributed by atoms with E-state index in [0.717, 1.165) is 0 Å². The fourth-order valence-corrected chi connectivity index (χ4v) is 5.11. The third-order valence-corrected chi connectivity index (χ3v) is 6.60. The van der Waals surface area contributed by atoms with E-state index in [0.29, 0.717) is 17.7 Å². The van der Waals surface area contributed by atoms with Crippen molar-refractivity contribution in [1.82, 2.24) is 4.90 Å². The first-order valence-electron chi connectivity index (χ1n) is 9.58. The van der Waals surface area contributed by atoms with Gasteiger partial charge >= 0.3 is 0 Å². The number of benzene rings is 1. The van der Waals surface area contributed by atoms with Crippen LogP contribution in [-0.4, -0.2) is 34.7 Å². The summed E-state index contributed by atoms with van der Waals surface area (Å²) in [5.74, 6) is -2.63. The van der Waals surface area contributed by atoms with Crippen molar-refractivity contribution in [3.63, 3.8) is 0 Å². The Labute approximate surface area is 157 Å². The lowest BCUT2D eigenvalue weighted by molar-refractivity contribution is -0.738. The van der Waals surface area contributed by atoms with Crippen LogP contribution in [0.25, 0.3) is 0 Å². The fourth-order valence-electron chi connectivity index (χ4n) is 5.11. The normalized spacial score (nSPS) is 33.0. The molecule has 144 valence electrons. The number of anilines is 1. The van der Waals surface area contributed by atoms with Crippen molar-refractivity contribution in [2.45, 2.75) is 51.7 Å². The zero-order valence-electron chi connectivity index (χ0n) is 16.0. The molecule has 0 aromatic heterocycles. The molecular formula is C20H25FN3O3+. The molecule has 6 nitrogen and oxygen atoms in total. The molecule has 0 saturated carbocycles. The Morgan fingerprint density at radius 1 is 1.22 bits per heavy atom. The number of carbonyl (C=O) groups excluding carboxylic acids is 3. The predicted octanol–water partition coefficient (Wildman–Crippen LogP) is 0.974. The number of carbonyl (C=O) groups is 3. The molecule has 3 N–H and O–H groups in total. The first-order chi connectivity index (χ1) is 12.7. The van der Waals surface area contributed by atoms with E-state index in [4.69, 9.17) is 0 Å². The van der Waals surface area contributed by atoms with E-state index in [1.54, 1.807) is 0 Å². The van der Waals surface area contributed by atoms with Gasteiger partial charge < -0.3 is 10.6 Å². The molecule has 2 saturated heterocycles. The summed E-state index contributed by atoms with van der Waals surface area (Å²) in [6.45, 7) is 7.74. The first kappa shape index (κ1) is 18.1. The highest BCUT2D eigenvalue weighted by Gasteiger charge is 2.74. The molecule has 3 aliphatic rings. The van der Waals surface area contributed by atoms with Crippen LogP contribution in [0.2, 0.25) is 0 Å². The minimum Gasteiger partial charge on any atom is -0.326 e. The third-order valence-electron chi connectivity index (χ3n) is 6.60. The monoisotopic (exact) mass is 374 g/mol. The van der Waals surface area contributed by atoms with E-state index in [-0.39, 0.29) is 35.7 Å². The van der Waals surface area contributed by atoms with Gasteiger partial charge in [-0.15, -0.1) is 0 Å². The SMILES string of the molecule is CC[C@@H](C)N1C(=O)[C@@H]2[C@@H](C(C)C)[NH2+][C@@]3(C(=O)Nc4ccc(F)cc43)[C@@H]2C1=O. The van der Waals surface area contributed by atoms with Gasteiger partial charge in [-0.1, -0.05) is 20.8 Å². The highest BCUT2D eigenvalue weighted by Crippen LogP contribution is 2.50. The molecule has 0 bridgehead atoms. The number of nitrogens with zero attached hydrogens (tertiary/aromatic N) is 1. The number of amides is 3. The maximum Gasteiger partial charge on any atom is 0.291 e. The molecule has 0 unspecified atom stereocenters. The molecule has 7 heteroatoms. The van der Waals surface area contributed by atoms with Gasteiger partial charge in [-0.3, -0.25) is 19.3 Å². The van der Waals surface area contributed by atoms with Gasteiger partial charge in [0.25, 0.3) is 5.91 Å². The summed E-state index contributed by atoms with van der Waals surface area (Å²) in [5.41, 5.74) is -0.299. The quantitative estimate of drug-likeness (QED) is 0.774. The lowest BCUT2D eigenvalue weighted by atomic mass is 9.76. The second-order valence-corrected chi connectivity index (χ2v) is 8.31. The number of nitrogens with one attached hydrogen (secondary N) is 1. The van der Waals surface area contributed by atoms with Crippen LogP contribution in [0.4, 0.5) is 10.1 Å². The Balaban J connectivity index is 1.92. The summed E-state index contributed by atoms with van der Waals surface area (Å²) in [5, 5.41) is 4.65. The van der Waals surface area contributed by atoms with E-state index in [1.807, 2.05) is 33.0 Å². The molecule has 3 heterocycles. The van der Waals surface area contributed by atoms with Crippen LogP contribution < -0.4 is 10.6 Å². The first-order valence-corrected chi connectivity index (χ1v) is 9.58. The highest BCUT2D eigenvalue weighted by atomic mass is 19.1. The number of hydrogen-bond acceptors (Lipinski definition) is 3. The third kappa shape index (κ3) is 2.18. The van der Waals surface area contributed by atoms with E-state index in [1.165, 1.54) is 23.1 Å². The summed E-state index contributed by atoms with van der Waals surface area (Å²) in [7, 11) is 0. The molecule has 1 aromatic rings.